The number of anilines is 1. The van der Waals surface area contributed by atoms with E-state index in [-0.39, 0.29) is 11.9 Å². The number of amides is 1. The van der Waals surface area contributed by atoms with Gasteiger partial charge in [-0.3, -0.25) is 4.79 Å². The number of para-hydroxylation sites is 1. The van der Waals surface area contributed by atoms with Crippen LogP contribution < -0.4 is 10.6 Å². The minimum absolute atomic E-state index is 0.00103. The van der Waals surface area contributed by atoms with Gasteiger partial charge in [-0.05, 0) is 37.1 Å². The van der Waals surface area contributed by atoms with Crippen LogP contribution in [-0.2, 0) is 13.0 Å². The quantitative estimate of drug-likeness (QED) is 0.907. The molecule has 2 N–H and O–H groups in total. The van der Waals surface area contributed by atoms with Crippen molar-refractivity contribution in [3.8, 4) is 0 Å². The van der Waals surface area contributed by atoms with Crippen LogP contribution >= 0.6 is 0 Å². The van der Waals surface area contributed by atoms with Crippen molar-refractivity contribution in [2.45, 2.75) is 25.9 Å². The molecule has 1 aromatic heterocycles. The zero-order valence-corrected chi connectivity index (χ0v) is 11.6. The summed E-state index contributed by atoms with van der Waals surface area (Å²) in [4.78, 5) is 14.6. The highest BCUT2D eigenvalue weighted by Gasteiger charge is 2.28. The van der Waals surface area contributed by atoms with E-state index in [1.54, 1.807) is 0 Å². The molecule has 3 rings (SSSR count). The first-order valence-electron chi connectivity index (χ1n) is 7.01. The van der Waals surface area contributed by atoms with E-state index >= 15 is 0 Å². The first kappa shape index (κ1) is 12.9. The Morgan fingerprint density at radius 2 is 2.10 bits per heavy atom. The Balaban J connectivity index is 2.00. The van der Waals surface area contributed by atoms with Crippen molar-refractivity contribution in [3.05, 3.63) is 53.9 Å². The van der Waals surface area contributed by atoms with Gasteiger partial charge in [0.15, 0.2) is 0 Å². The number of fused-ring (bicyclic) bond motifs is 1. The van der Waals surface area contributed by atoms with Gasteiger partial charge in [0.25, 0.3) is 5.91 Å². The van der Waals surface area contributed by atoms with Crippen LogP contribution in [0.3, 0.4) is 0 Å². The number of nitrogens with two attached hydrogens (primary N) is 1. The van der Waals surface area contributed by atoms with Crippen LogP contribution in [0.5, 0.6) is 0 Å². The average Bonchev–Trinajstić information content (AvgIpc) is 2.94. The van der Waals surface area contributed by atoms with E-state index in [0.717, 1.165) is 29.9 Å². The fourth-order valence-electron chi connectivity index (χ4n) is 2.84. The summed E-state index contributed by atoms with van der Waals surface area (Å²) in [5.41, 5.74) is 8.96. The SMILES string of the molecule is CCn1cccc1C(=O)N1CC(N)Cc2ccccc21. The third kappa shape index (κ3) is 2.12. The van der Waals surface area contributed by atoms with Gasteiger partial charge in [-0.2, -0.15) is 0 Å². The predicted molar refractivity (Wildman–Crippen MR) is 79.9 cm³/mol. The van der Waals surface area contributed by atoms with E-state index in [1.165, 1.54) is 0 Å². The maximum atomic E-state index is 12.8. The maximum absolute atomic E-state index is 12.8. The van der Waals surface area contributed by atoms with Crippen molar-refractivity contribution in [3.63, 3.8) is 0 Å². The van der Waals surface area contributed by atoms with Gasteiger partial charge in [-0.1, -0.05) is 18.2 Å². The summed E-state index contributed by atoms with van der Waals surface area (Å²) in [7, 11) is 0. The van der Waals surface area contributed by atoms with Crippen molar-refractivity contribution in [1.29, 1.82) is 0 Å². The molecule has 0 radical (unpaired) electrons. The molecule has 104 valence electrons. The molecule has 0 spiro atoms. The third-order valence-corrected chi connectivity index (χ3v) is 3.82. The van der Waals surface area contributed by atoms with Crippen LogP contribution in [-0.4, -0.2) is 23.1 Å². The second-order valence-electron chi connectivity index (χ2n) is 5.19. The number of rotatable bonds is 2. The highest BCUT2D eigenvalue weighted by atomic mass is 16.2. The number of carbonyl (C=O) groups is 1. The van der Waals surface area contributed by atoms with Crippen LogP contribution in [0.1, 0.15) is 23.0 Å². The summed E-state index contributed by atoms with van der Waals surface area (Å²) in [5.74, 6) is 0.0273. The van der Waals surface area contributed by atoms with E-state index in [4.69, 9.17) is 5.73 Å². The molecule has 1 aliphatic heterocycles. The normalized spacial score (nSPS) is 17.9. The van der Waals surface area contributed by atoms with Crippen molar-refractivity contribution in [2.75, 3.05) is 11.4 Å². The molecule has 4 heteroatoms. The number of nitrogens with zero attached hydrogens (tertiary/aromatic N) is 2. The molecular weight excluding hydrogens is 250 g/mol. The number of aryl methyl sites for hydroxylation is 1. The standard InChI is InChI=1S/C16H19N3O/c1-2-18-9-5-8-15(18)16(20)19-11-13(17)10-12-6-3-4-7-14(12)19/h3-9,13H,2,10-11,17H2,1H3. The Bertz CT molecular complexity index is 632. The lowest BCUT2D eigenvalue weighted by molar-refractivity contribution is 0.0974. The molecule has 1 atom stereocenters. The van der Waals surface area contributed by atoms with Gasteiger partial charge >= 0.3 is 0 Å². The van der Waals surface area contributed by atoms with Crippen molar-refractivity contribution in [1.82, 2.24) is 4.57 Å². The topological polar surface area (TPSA) is 51.3 Å². The number of benzene rings is 1. The number of hydrogen-bond acceptors (Lipinski definition) is 2. The van der Waals surface area contributed by atoms with Gasteiger partial charge in [0.1, 0.15) is 5.69 Å². The van der Waals surface area contributed by atoms with Crippen LogP contribution in [0.4, 0.5) is 5.69 Å². The minimum atomic E-state index is -0.00103. The number of carbonyl (C=O) groups excluding carboxylic acids is 1. The average molecular weight is 269 g/mol. The number of aromatic nitrogens is 1. The van der Waals surface area contributed by atoms with Crippen LogP contribution in [0.2, 0.25) is 0 Å². The molecule has 0 saturated carbocycles. The zero-order valence-electron chi connectivity index (χ0n) is 11.6. The molecule has 1 amide bonds. The Labute approximate surface area is 118 Å². The highest BCUT2D eigenvalue weighted by molar-refractivity contribution is 6.05. The molecule has 0 bridgehead atoms. The molecule has 0 saturated heterocycles. The summed E-state index contributed by atoms with van der Waals surface area (Å²) < 4.78 is 1.96. The molecule has 1 unspecified atom stereocenters. The van der Waals surface area contributed by atoms with Gasteiger partial charge < -0.3 is 15.2 Å². The summed E-state index contributed by atoms with van der Waals surface area (Å²) in [6, 6.07) is 11.8. The van der Waals surface area contributed by atoms with Gasteiger partial charge in [0.2, 0.25) is 0 Å². The van der Waals surface area contributed by atoms with E-state index in [1.807, 2.05) is 59.0 Å². The van der Waals surface area contributed by atoms with E-state index in [0.29, 0.717) is 6.54 Å². The molecule has 2 heterocycles. The van der Waals surface area contributed by atoms with E-state index in [9.17, 15) is 4.79 Å². The lowest BCUT2D eigenvalue weighted by atomic mass is 9.98. The Kier molecular flexibility index (Phi) is 3.32. The fourth-order valence-corrected chi connectivity index (χ4v) is 2.84. The first-order valence-corrected chi connectivity index (χ1v) is 7.01. The zero-order chi connectivity index (χ0) is 14.1. The summed E-state index contributed by atoms with van der Waals surface area (Å²) >= 11 is 0. The van der Waals surface area contributed by atoms with Crippen LogP contribution in [0.15, 0.2) is 42.6 Å². The van der Waals surface area contributed by atoms with Gasteiger partial charge in [-0.25, -0.2) is 0 Å². The minimum Gasteiger partial charge on any atom is -0.344 e. The van der Waals surface area contributed by atoms with E-state index in [2.05, 4.69) is 0 Å². The van der Waals surface area contributed by atoms with Crippen LogP contribution in [0, 0.1) is 0 Å². The molecule has 2 aromatic rings. The molecule has 0 aliphatic carbocycles. The largest absolute Gasteiger partial charge is 0.344 e. The third-order valence-electron chi connectivity index (χ3n) is 3.82. The second kappa shape index (κ2) is 5.13. The van der Waals surface area contributed by atoms with Gasteiger partial charge in [-0.15, -0.1) is 0 Å². The fraction of sp³-hybridized carbons (Fsp3) is 0.312. The van der Waals surface area contributed by atoms with Gasteiger partial charge in [0.05, 0.1) is 0 Å². The summed E-state index contributed by atoms with van der Waals surface area (Å²) in [5, 5.41) is 0. The van der Waals surface area contributed by atoms with Crippen molar-refractivity contribution in [2.24, 2.45) is 5.73 Å². The molecule has 0 fully saturated rings. The van der Waals surface area contributed by atoms with Gasteiger partial charge in [0, 0.05) is 31.0 Å². The number of hydrogen-bond donors (Lipinski definition) is 1. The lowest BCUT2D eigenvalue weighted by Crippen LogP contribution is -2.46. The smallest absolute Gasteiger partial charge is 0.274 e. The summed E-state index contributed by atoms with van der Waals surface area (Å²) in [6.45, 7) is 3.40. The predicted octanol–water partition coefficient (Wildman–Crippen LogP) is 2.04. The van der Waals surface area contributed by atoms with Crippen LogP contribution in [0.25, 0.3) is 0 Å². The molecule has 20 heavy (non-hydrogen) atoms. The maximum Gasteiger partial charge on any atom is 0.274 e. The highest BCUT2D eigenvalue weighted by Crippen LogP contribution is 2.27. The second-order valence-corrected chi connectivity index (χ2v) is 5.19. The van der Waals surface area contributed by atoms with E-state index < -0.39 is 0 Å². The first-order chi connectivity index (χ1) is 9.70. The lowest BCUT2D eigenvalue weighted by Gasteiger charge is -2.33. The Hall–Kier alpha value is -2.07. The molecule has 4 nitrogen and oxygen atoms in total. The van der Waals surface area contributed by atoms with Crippen molar-refractivity contribution >= 4 is 11.6 Å². The molecule has 1 aliphatic rings. The Morgan fingerprint density at radius 1 is 1.30 bits per heavy atom. The molecule has 1 aromatic carbocycles. The summed E-state index contributed by atoms with van der Waals surface area (Å²) in [6.07, 6.45) is 2.76. The molecular formula is C16H19N3O. The Morgan fingerprint density at radius 3 is 2.90 bits per heavy atom. The monoisotopic (exact) mass is 269 g/mol. The van der Waals surface area contributed by atoms with Crippen molar-refractivity contribution < 1.29 is 4.79 Å².